The molecule has 0 atom stereocenters. The maximum absolute atomic E-state index is 13.3. The van der Waals surface area contributed by atoms with Crippen LogP contribution in [0.5, 0.6) is 23.3 Å². The standard InChI is InChI=1S/C12H12FN3O3/c1-17-9-5-7(3-4-8(9)13)19-12-10(14)11(18-2)15-6-16-12/h3-6H,14H2,1-2H3. The molecule has 100 valence electrons. The summed E-state index contributed by atoms with van der Waals surface area (Å²) >= 11 is 0. The van der Waals surface area contributed by atoms with Crippen LogP contribution in [0.2, 0.25) is 0 Å². The van der Waals surface area contributed by atoms with Crippen LogP contribution < -0.4 is 19.9 Å². The van der Waals surface area contributed by atoms with Gasteiger partial charge in [0.25, 0.3) is 0 Å². The summed E-state index contributed by atoms with van der Waals surface area (Å²) in [6.07, 6.45) is 1.26. The number of benzene rings is 1. The van der Waals surface area contributed by atoms with Crippen LogP contribution in [0.3, 0.4) is 0 Å². The third kappa shape index (κ3) is 2.65. The van der Waals surface area contributed by atoms with Gasteiger partial charge < -0.3 is 19.9 Å². The Balaban J connectivity index is 2.31. The largest absolute Gasteiger partial charge is 0.494 e. The van der Waals surface area contributed by atoms with Crippen molar-refractivity contribution in [2.75, 3.05) is 20.0 Å². The molecule has 0 spiro atoms. The Morgan fingerprint density at radius 2 is 1.84 bits per heavy atom. The highest BCUT2D eigenvalue weighted by Crippen LogP contribution is 2.32. The summed E-state index contributed by atoms with van der Waals surface area (Å²) in [6.45, 7) is 0. The molecular weight excluding hydrogens is 253 g/mol. The van der Waals surface area contributed by atoms with Gasteiger partial charge in [0.2, 0.25) is 11.8 Å². The molecule has 0 aliphatic carbocycles. The summed E-state index contributed by atoms with van der Waals surface area (Å²) in [5.41, 5.74) is 5.92. The Bertz CT molecular complexity index is 592. The third-order valence-electron chi connectivity index (χ3n) is 2.34. The van der Waals surface area contributed by atoms with E-state index in [4.69, 9.17) is 19.9 Å². The number of nitrogens with zero attached hydrogens (tertiary/aromatic N) is 2. The number of methoxy groups -OCH3 is 2. The summed E-state index contributed by atoms with van der Waals surface area (Å²) < 4.78 is 28.5. The molecule has 2 aromatic rings. The quantitative estimate of drug-likeness (QED) is 0.910. The van der Waals surface area contributed by atoms with Gasteiger partial charge >= 0.3 is 0 Å². The molecule has 0 saturated carbocycles. The van der Waals surface area contributed by atoms with Gasteiger partial charge in [0.1, 0.15) is 12.1 Å². The van der Waals surface area contributed by atoms with Crippen LogP contribution in [-0.2, 0) is 0 Å². The van der Waals surface area contributed by atoms with E-state index in [0.717, 1.165) is 0 Å². The predicted molar refractivity (Wildman–Crippen MR) is 66.0 cm³/mol. The second-order valence-electron chi connectivity index (χ2n) is 3.50. The van der Waals surface area contributed by atoms with E-state index >= 15 is 0 Å². The summed E-state index contributed by atoms with van der Waals surface area (Å²) in [4.78, 5) is 7.71. The average molecular weight is 265 g/mol. The van der Waals surface area contributed by atoms with Gasteiger partial charge in [-0.2, -0.15) is 9.97 Å². The molecule has 6 nitrogen and oxygen atoms in total. The number of nitrogen functional groups attached to an aromatic ring is 1. The van der Waals surface area contributed by atoms with E-state index in [0.29, 0.717) is 5.75 Å². The van der Waals surface area contributed by atoms with Crippen LogP contribution in [-0.4, -0.2) is 24.2 Å². The van der Waals surface area contributed by atoms with Gasteiger partial charge in [0.15, 0.2) is 17.3 Å². The highest BCUT2D eigenvalue weighted by molar-refractivity contribution is 5.56. The molecule has 7 heteroatoms. The lowest BCUT2D eigenvalue weighted by molar-refractivity contribution is 0.378. The van der Waals surface area contributed by atoms with E-state index in [1.807, 2.05) is 0 Å². The van der Waals surface area contributed by atoms with E-state index in [9.17, 15) is 4.39 Å². The molecule has 0 amide bonds. The molecule has 0 radical (unpaired) electrons. The molecule has 0 aliphatic rings. The normalized spacial score (nSPS) is 10.1. The number of hydrogen-bond donors (Lipinski definition) is 1. The average Bonchev–Trinajstić information content (AvgIpc) is 2.43. The zero-order valence-corrected chi connectivity index (χ0v) is 10.4. The molecule has 19 heavy (non-hydrogen) atoms. The SMILES string of the molecule is COc1cc(Oc2ncnc(OC)c2N)ccc1F. The molecule has 2 rings (SSSR count). The topological polar surface area (TPSA) is 79.5 Å². The highest BCUT2D eigenvalue weighted by Gasteiger charge is 2.12. The van der Waals surface area contributed by atoms with Gasteiger partial charge in [0, 0.05) is 6.07 Å². The van der Waals surface area contributed by atoms with Gasteiger partial charge in [-0.15, -0.1) is 0 Å². The first-order valence-corrected chi connectivity index (χ1v) is 5.31. The van der Waals surface area contributed by atoms with Crippen molar-refractivity contribution in [1.82, 2.24) is 9.97 Å². The Morgan fingerprint density at radius 1 is 1.11 bits per heavy atom. The number of aromatic nitrogens is 2. The van der Waals surface area contributed by atoms with Crippen LogP contribution in [0.25, 0.3) is 0 Å². The van der Waals surface area contributed by atoms with Crippen LogP contribution in [0.1, 0.15) is 0 Å². The number of hydrogen-bond acceptors (Lipinski definition) is 6. The minimum absolute atomic E-state index is 0.0668. The Labute approximate surface area is 109 Å². The van der Waals surface area contributed by atoms with Crippen molar-refractivity contribution < 1.29 is 18.6 Å². The Morgan fingerprint density at radius 3 is 2.53 bits per heavy atom. The van der Waals surface area contributed by atoms with E-state index in [2.05, 4.69) is 9.97 Å². The molecule has 0 fully saturated rings. The number of anilines is 1. The van der Waals surface area contributed by atoms with Crippen molar-refractivity contribution in [3.05, 3.63) is 30.3 Å². The minimum atomic E-state index is -0.483. The van der Waals surface area contributed by atoms with Crippen molar-refractivity contribution >= 4 is 5.69 Å². The molecular formula is C12H12FN3O3. The zero-order chi connectivity index (χ0) is 13.8. The summed E-state index contributed by atoms with van der Waals surface area (Å²) in [5, 5.41) is 0. The summed E-state index contributed by atoms with van der Waals surface area (Å²) in [7, 11) is 2.80. The van der Waals surface area contributed by atoms with Crippen LogP contribution in [0.4, 0.5) is 10.1 Å². The maximum Gasteiger partial charge on any atom is 0.249 e. The molecule has 1 aromatic carbocycles. The number of rotatable bonds is 4. The van der Waals surface area contributed by atoms with Crippen molar-refractivity contribution in [1.29, 1.82) is 0 Å². The van der Waals surface area contributed by atoms with Gasteiger partial charge in [-0.1, -0.05) is 0 Å². The molecule has 0 saturated heterocycles. The second-order valence-corrected chi connectivity index (χ2v) is 3.50. The van der Waals surface area contributed by atoms with Gasteiger partial charge in [0.05, 0.1) is 14.2 Å². The van der Waals surface area contributed by atoms with Gasteiger partial charge in [-0.3, -0.25) is 0 Å². The number of nitrogens with two attached hydrogens (primary N) is 1. The minimum Gasteiger partial charge on any atom is -0.494 e. The monoisotopic (exact) mass is 265 g/mol. The first kappa shape index (κ1) is 12.9. The smallest absolute Gasteiger partial charge is 0.249 e. The molecule has 1 aromatic heterocycles. The van der Waals surface area contributed by atoms with E-state index in [1.54, 1.807) is 0 Å². The van der Waals surface area contributed by atoms with E-state index in [1.165, 1.54) is 38.7 Å². The first-order valence-electron chi connectivity index (χ1n) is 5.31. The highest BCUT2D eigenvalue weighted by atomic mass is 19.1. The summed E-state index contributed by atoms with van der Waals surface area (Å²) in [5.74, 6) is 0.255. The lowest BCUT2D eigenvalue weighted by atomic mass is 10.3. The predicted octanol–water partition coefficient (Wildman–Crippen LogP) is 2.01. The molecule has 1 heterocycles. The zero-order valence-electron chi connectivity index (χ0n) is 10.4. The fourth-order valence-electron chi connectivity index (χ4n) is 1.42. The second kappa shape index (κ2) is 5.38. The molecule has 0 unspecified atom stereocenters. The lowest BCUT2D eigenvalue weighted by Crippen LogP contribution is -2.00. The fourth-order valence-corrected chi connectivity index (χ4v) is 1.42. The Kier molecular flexibility index (Phi) is 3.65. The Hall–Kier alpha value is -2.57. The maximum atomic E-state index is 13.3. The van der Waals surface area contributed by atoms with E-state index < -0.39 is 5.82 Å². The van der Waals surface area contributed by atoms with Crippen molar-refractivity contribution in [2.45, 2.75) is 0 Å². The van der Waals surface area contributed by atoms with Crippen molar-refractivity contribution in [2.24, 2.45) is 0 Å². The summed E-state index contributed by atoms with van der Waals surface area (Å²) in [6, 6.07) is 4.05. The van der Waals surface area contributed by atoms with Crippen LogP contribution in [0, 0.1) is 5.82 Å². The first-order chi connectivity index (χ1) is 9.15. The molecule has 0 bridgehead atoms. The number of ether oxygens (including phenoxy) is 3. The molecule has 2 N–H and O–H groups in total. The number of halogens is 1. The lowest BCUT2D eigenvalue weighted by Gasteiger charge is -2.10. The van der Waals surface area contributed by atoms with E-state index in [-0.39, 0.29) is 23.2 Å². The van der Waals surface area contributed by atoms with Crippen LogP contribution >= 0.6 is 0 Å². The third-order valence-corrected chi connectivity index (χ3v) is 2.34. The fraction of sp³-hybridized carbons (Fsp3) is 0.167. The van der Waals surface area contributed by atoms with Crippen molar-refractivity contribution in [3.8, 4) is 23.3 Å². The molecule has 0 aliphatic heterocycles. The van der Waals surface area contributed by atoms with Crippen LogP contribution in [0.15, 0.2) is 24.5 Å². The van der Waals surface area contributed by atoms with Gasteiger partial charge in [-0.25, -0.2) is 4.39 Å². The van der Waals surface area contributed by atoms with Gasteiger partial charge in [-0.05, 0) is 12.1 Å². The van der Waals surface area contributed by atoms with Crippen molar-refractivity contribution in [3.63, 3.8) is 0 Å².